The van der Waals surface area contributed by atoms with Gasteiger partial charge in [0.05, 0.1) is 0 Å². The zero-order valence-electron chi connectivity index (χ0n) is 13.6. The van der Waals surface area contributed by atoms with Crippen molar-refractivity contribution >= 4 is 0 Å². The van der Waals surface area contributed by atoms with E-state index in [2.05, 4.69) is 31.0 Å². The van der Waals surface area contributed by atoms with E-state index in [4.69, 9.17) is 0 Å². The quantitative estimate of drug-likeness (QED) is 0.601. The van der Waals surface area contributed by atoms with Gasteiger partial charge in [0.15, 0.2) is 0 Å². The molecule has 2 heteroatoms. The highest BCUT2D eigenvalue weighted by molar-refractivity contribution is 4.84. The molecule has 2 nitrogen and oxygen atoms in total. The molecule has 1 N–H and O–H groups in total. The molecule has 2 unspecified atom stereocenters. The number of likely N-dealkylation sites (tertiary alicyclic amines) is 1. The van der Waals surface area contributed by atoms with Crippen molar-refractivity contribution in [3.8, 4) is 0 Å². The molecule has 0 aromatic heterocycles. The molecule has 1 aliphatic heterocycles. The summed E-state index contributed by atoms with van der Waals surface area (Å²) >= 11 is 0. The summed E-state index contributed by atoms with van der Waals surface area (Å²) in [5.74, 6) is 0.871. The van der Waals surface area contributed by atoms with Crippen molar-refractivity contribution in [3.05, 3.63) is 0 Å². The Morgan fingerprint density at radius 3 is 2.47 bits per heavy atom. The fourth-order valence-corrected chi connectivity index (χ4v) is 3.26. The van der Waals surface area contributed by atoms with Crippen LogP contribution in [0.2, 0.25) is 0 Å². The standard InChI is InChI=1S/C17H36N2/c1-4-7-8-9-10-13-19-14-11-17(18-12-5-2)16(6-3)15-19/h16-18H,4-15H2,1-3H3. The number of nitrogens with one attached hydrogen (secondary N) is 1. The normalized spacial score (nSPS) is 24.8. The van der Waals surface area contributed by atoms with E-state index in [1.165, 1.54) is 77.5 Å². The lowest BCUT2D eigenvalue weighted by atomic mass is 9.89. The minimum Gasteiger partial charge on any atom is -0.314 e. The predicted octanol–water partition coefficient (Wildman–Crippen LogP) is 4.06. The second-order valence-corrected chi connectivity index (χ2v) is 6.23. The van der Waals surface area contributed by atoms with Crippen LogP contribution in [0.5, 0.6) is 0 Å². The monoisotopic (exact) mass is 268 g/mol. The van der Waals surface area contributed by atoms with Crippen LogP contribution < -0.4 is 5.32 Å². The summed E-state index contributed by atoms with van der Waals surface area (Å²) in [7, 11) is 0. The molecule has 0 amide bonds. The largest absolute Gasteiger partial charge is 0.314 e. The van der Waals surface area contributed by atoms with Gasteiger partial charge >= 0.3 is 0 Å². The van der Waals surface area contributed by atoms with Crippen LogP contribution >= 0.6 is 0 Å². The number of hydrogen-bond donors (Lipinski definition) is 1. The molecule has 0 radical (unpaired) electrons. The molecule has 1 saturated heterocycles. The first-order valence-electron chi connectivity index (χ1n) is 8.77. The number of unbranched alkanes of at least 4 members (excludes halogenated alkanes) is 4. The summed E-state index contributed by atoms with van der Waals surface area (Å²) in [6.07, 6.45) is 11.0. The number of piperidine rings is 1. The van der Waals surface area contributed by atoms with Crippen molar-refractivity contribution in [2.24, 2.45) is 5.92 Å². The summed E-state index contributed by atoms with van der Waals surface area (Å²) in [4.78, 5) is 2.71. The van der Waals surface area contributed by atoms with Gasteiger partial charge in [-0.2, -0.15) is 0 Å². The third-order valence-corrected chi connectivity index (χ3v) is 4.58. The van der Waals surface area contributed by atoms with E-state index in [0.29, 0.717) is 0 Å². The van der Waals surface area contributed by atoms with E-state index in [1.807, 2.05) is 0 Å². The minimum atomic E-state index is 0.779. The van der Waals surface area contributed by atoms with Crippen LogP contribution in [-0.4, -0.2) is 37.1 Å². The molecular formula is C17H36N2. The van der Waals surface area contributed by atoms with Gasteiger partial charge in [-0.1, -0.05) is 52.9 Å². The van der Waals surface area contributed by atoms with Crippen LogP contribution in [0.3, 0.4) is 0 Å². The van der Waals surface area contributed by atoms with Gasteiger partial charge in [0.1, 0.15) is 0 Å². The van der Waals surface area contributed by atoms with E-state index in [-0.39, 0.29) is 0 Å². The van der Waals surface area contributed by atoms with Gasteiger partial charge in [0.2, 0.25) is 0 Å². The first-order chi connectivity index (χ1) is 9.31. The first kappa shape index (κ1) is 17.0. The van der Waals surface area contributed by atoms with Crippen LogP contribution in [0.1, 0.15) is 72.1 Å². The second-order valence-electron chi connectivity index (χ2n) is 6.23. The van der Waals surface area contributed by atoms with Crippen molar-refractivity contribution < 1.29 is 0 Å². The molecule has 1 aliphatic rings. The molecule has 1 rings (SSSR count). The van der Waals surface area contributed by atoms with E-state index in [1.54, 1.807) is 0 Å². The Kier molecular flexibility index (Phi) is 9.54. The van der Waals surface area contributed by atoms with E-state index in [0.717, 1.165) is 12.0 Å². The van der Waals surface area contributed by atoms with Crippen LogP contribution in [-0.2, 0) is 0 Å². The molecule has 0 bridgehead atoms. The molecule has 0 aromatic rings. The van der Waals surface area contributed by atoms with Gasteiger partial charge in [-0.3, -0.25) is 0 Å². The third-order valence-electron chi connectivity index (χ3n) is 4.58. The van der Waals surface area contributed by atoms with Gasteiger partial charge in [-0.05, 0) is 44.8 Å². The minimum absolute atomic E-state index is 0.779. The average Bonchev–Trinajstić information content (AvgIpc) is 2.45. The Bertz CT molecular complexity index is 203. The Labute approximate surface area is 121 Å². The molecule has 1 heterocycles. The molecule has 19 heavy (non-hydrogen) atoms. The highest BCUT2D eigenvalue weighted by Crippen LogP contribution is 2.20. The topological polar surface area (TPSA) is 15.3 Å². The van der Waals surface area contributed by atoms with Crippen LogP contribution in [0.15, 0.2) is 0 Å². The molecule has 0 aliphatic carbocycles. The molecule has 2 atom stereocenters. The lowest BCUT2D eigenvalue weighted by molar-refractivity contribution is 0.133. The first-order valence-corrected chi connectivity index (χ1v) is 8.77. The highest BCUT2D eigenvalue weighted by atomic mass is 15.1. The zero-order chi connectivity index (χ0) is 13.9. The average molecular weight is 268 g/mol. The smallest absolute Gasteiger partial charge is 0.0120 e. The van der Waals surface area contributed by atoms with E-state index >= 15 is 0 Å². The summed E-state index contributed by atoms with van der Waals surface area (Å²) in [5.41, 5.74) is 0. The van der Waals surface area contributed by atoms with Crippen LogP contribution in [0, 0.1) is 5.92 Å². The zero-order valence-corrected chi connectivity index (χ0v) is 13.6. The van der Waals surface area contributed by atoms with Gasteiger partial charge in [0.25, 0.3) is 0 Å². The number of hydrogen-bond acceptors (Lipinski definition) is 2. The maximum atomic E-state index is 3.75. The number of nitrogens with zero attached hydrogens (tertiary/aromatic N) is 1. The van der Waals surface area contributed by atoms with Crippen molar-refractivity contribution in [2.45, 2.75) is 78.2 Å². The van der Waals surface area contributed by atoms with Gasteiger partial charge < -0.3 is 10.2 Å². The SMILES string of the molecule is CCCCCCCN1CCC(NCCC)C(CC)C1. The fourth-order valence-electron chi connectivity index (χ4n) is 3.26. The van der Waals surface area contributed by atoms with Crippen molar-refractivity contribution in [1.82, 2.24) is 10.2 Å². The molecule has 114 valence electrons. The Hall–Kier alpha value is -0.0800. The second kappa shape index (κ2) is 10.7. The summed E-state index contributed by atoms with van der Waals surface area (Å²) in [5, 5.41) is 3.75. The summed E-state index contributed by atoms with van der Waals surface area (Å²) in [6, 6.07) is 0.779. The Morgan fingerprint density at radius 2 is 1.79 bits per heavy atom. The molecular weight excluding hydrogens is 232 g/mol. The van der Waals surface area contributed by atoms with Crippen LogP contribution in [0.25, 0.3) is 0 Å². The Balaban J connectivity index is 2.18. The van der Waals surface area contributed by atoms with E-state index in [9.17, 15) is 0 Å². The summed E-state index contributed by atoms with van der Waals surface area (Å²) in [6.45, 7) is 12.1. The van der Waals surface area contributed by atoms with Crippen molar-refractivity contribution in [3.63, 3.8) is 0 Å². The molecule has 0 spiro atoms. The summed E-state index contributed by atoms with van der Waals surface area (Å²) < 4.78 is 0. The van der Waals surface area contributed by atoms with Crippen LogP contribution in [0.4, 0.5) is 0 Å². The lowest BCUT2D eigenvalue weighted by Crippen LogP contribution is -2.49. The van der Waals surface area contributed by atoms with Gasteiger partial charge in [-0.25, -0.2) is 0 Å². The van der Waals surface area contributed by atoms with Gasteiger partial charge in [-0.15, -0.1) is 0 Å². The van der Waals surface area contributed by atoms with Crippen molar-refractivity contribution in [1.29, 1.82) is 0 Å². The van der Waals surface area contributed by atoms with Crippen molar-refractivity contribution in [2.75, 3.05) is 26.2 Å². The maximum absolute atomic E-state index is 3.75. The fraction of sp³-hybridized carbons (Fsp3) is 1.00. The molecule has 1 fully saturated rings. The lowest BCUT2D eigenvalue weighted by Gasteiger charge is -2.39. The Morgan fingerprint density at radius 1 is 1.00 bits per heavy atom. The molecule has 0 aromatic carbocycles. The maximum Gasteiger partial charge on any atom is 0.0120 e. The highest BCUT2D eigenvalue weighted by Gasteiger charge is 2.26. The number of rotatable bonds is 10. The third kappa shape index (κ3) is 6.76. The predicted molar refractivity (Wildman–Crippen MR) is 85.7 cm³/mol. The van der Waals surface area contributed by atoms with Gasteiger partial charge in [0, 0.05) is 12.6 Å². The van der Waals surface area contributed by atoms with E-state index < -0.39 is 0 Å². The molecule has 0 saturated carbocycles.